The molecule has 32 heavy (non-hydrogen) atoms. The molecule has 0 bridgehead atoms. The van der Waals surface area contributed by atoms with Gasteiger partial charge in [-0.05, 0) is 79.4 Å². The van der Waals surface area contributed by atoms with Crippen LogP contribution in [0.25, 0.3) is 22.8 Å². The Morgan fingerprint density at radius 1 is 1.00 bits per heavy atom. The lowest BCUT2D eigenvalue weighted by atomic mass is 9.98. The highest BCUT2D eigenvalue weighted by molar-refractivity contribution is 6.02. The first-order valence-electron chi connectivity index (χ1n) is 10.8. The van der Waals surface area contributed by atoms with Crippen LogP contribution in [-0.4, -0.2) is 29.1 Å². The van der Waals surface area contributed by atoms with Crippen LogP contribution in [0, 0.1) is 5.92 Å². The van der Waals surface area contributed by atoms with Gasteiger partial charge in [-0.3, -0.25) is 4.79 Å². The minimum Gasteiger partial charge on any atom is -0.459 e. The van der Waals surface area contributed by atoms with Crippen molar-refractivity contribution in [1.29, 1.82) is 0 Å². The lowest BCUT2D eigenvalue weighted by Gasteiger charge is -2.32. The number of carbonyl (C=O) groups excluding carboxylic acids is 1. The van der Waals surface area contributed by atoms with E-state index in [1.54, 1.807) is 24.3 Å². The third-order valence-electron chi connectivity index (χ3n) is 5.83. The molecule has 0 radical (unpaired) electrons. The van der Waals surface area contributed by atoms with Crippen LogP contribution in [0.3, 0.4) is 0 Å². The van der Waals surface area contributed by atoms with E-state index in [4.69, 9.17) is 8.94 Å². The van der Waals surface area contributed by atoms with Gasteiger partial charge in [-0.1, -0.05) is 12.1 Å². The molecule has 0 saturated carbocycles. The second kappa shape index (κ2) is 8.70. The summed E-state index contributed by atoms with van der Waals surface area (Å²) in [5.74, 6) is 1.75. The van der Waals surface area contributed by atoms with E-state index >= 15 is 0 Å². The summed E-state index contributed by atoms with van der Waals surface area (Å²) in [5.41, 5.74) is 3.57. The van der Waals surface area contributed by atoms with Gasteiger partial charge in [0.15, 0.2) is 5.76 Å². The van der Waals surface area contributed by atoms with Gasteiger partial charge in [0, 0.05) is 35.6 Å². The SMILES string of the molecule is CC1CCN(c2ccc(-c3noc(-c4ccc(NC(=O)c5ccco5)cc4)n3)cc2)CC1. The summed E-state index contributed by atoms with van der Waals surface area (Å²) in [4.78, 5) is 19.0. The third-order valence-corrected chi connectivity index (χ3v) is 5.83. The molecule has 2 aromatic carbocycles. The first-order chi connectivity index (χ1) is 15.7. The lowest BCUT2D eigenvalue weighted by Crippen LogP contribution is -2.32. The van der Waals surface area contributed by atoms with Gasteiger partial charge in [0.05, 0.1) is 6.26 Å². The van der Waals surface area contributed by atoms with Crippen molar-refractivity contribution >= 4 is 17.3 Å². The zero-order valence-corrected chi connectivity index (χ0v) is 17.8. The van der Waals surface area contributed by atoms with Gasteiger partial charge in [0.2, 0.25) is 5.82 Å². The molecule has 0 unspecified atom stereocenters. The number of rotatable bonds is 5. The topological polar surface area (TPSA) is 84.4 Å². The third kappa shape index (κ3) is 4.27. The van der Waals surface area contributed by atoms with Crippen LogP contribution in [0.4, 0.5) is 11.4 Å². The molecule has 1 fully saturated rings. The van der Waals surface area contributed by atoms with Gasteiger partial charge in [-0.25, -0.2) is 0 Å². The average molecular weight is 428 g/mol. The molecule has 1 N–H and O–H groups in total. The largest absolute Gasteiger partial charge is 0.459 e. The Hall–Kier alpha value is -3.87. The number of carbonyl (C=O) groups is 1. The number of furan rings is 1. The van der Waals surface area contributed by atoms with Crippen molar-refractivity contribution in [3.8, 4) is 22.8 Å². The van der Waals surface area contributed by atoms with Gasteiger partial charge in [0.25, 0.3) is 11.8 Å². The molecule has 1 aliphatic rings. The van der Waals surface area contributed by atoms with Crippen LogP contribution >= 0.6 is 0 Å². The number of hydrogen-bond donors (Lipinski definition) is 1. The molecule has 3 heterocycles. The first-order valence-corrected chi connectivity index (χ1v) is 10.8. The minimum atomic E-state index is -0.301. The van der Waals surface area contributed by atoms with E-state index in [1.165, 1.54) is 24.8 Å². The summed E-state index contributed by atoms with van der Waals surface area (Å²) in [6.07, 6.45) is 3.94. The summed E-state index contributed by atoms with van der Waals surface area (Å²) in [6, 6.07) is 18.8. The fourth-order valence-electron chi connectivity index (χ4n) is 3.84. The van der Waals surface area contributed by atoms with Crippen molar-refractivity contribution in [2.75, 3.05) is 23.3 Å². The molecule has 1 aliphatic heterocycles. The monoisotopic (exact) mass is 428 g/mol. The highest BCUT2D eigenvalue weighted by Crippen LogP contribution is 2.27. The molecule has 7 heteroatoms. The van der Waals surface area contributed by atoms with Crippen LogP contribution < -0.4 is 10.2 Å². The Kier molecular flexibility index (Phi) is 5.46. The second-order valence-corrected chi connectivity index (χ2v) is 8.15. The normalized spacial score (nSPS) is 14.5. The summed E-state index contributed by atoms with van der Waals surface area (Å²) in [6.45, 7) is 4.52. The molecular weight excluding hydrogens is 404 g/mol. The van der Waals surface area contributed by atoms with Crippen LogP contribution in [0.2, 0.25) is 0 Å². The molecule has 7 nitrogen and oxygen atoms in total. The predicted octanol–water partition coefficient (Wildman–Crippen LogP) is 5.49. The van der Waals surface area contributed by atoms with Gasteiger partial charge < -0.3 is 19.2 Å². The molecular formula is C25H24N4O3. The maximum atomic E-state index is 12.1. The zero-order chi connectivity index (χ0) is 21.9. The number of nitrogens with zero attached hydrogens (tertiary/aromatic N) is 3. The fraction of sp³-hybridized carbons (Fsp3) is 0.240. The molecule has 5 rings (SSSR count). The number of benzene rings is 2. The molecule has 2 aromatic heterocycles. The van der Waals surface area contributed by atoms with E-state index in [0.717, 1.165) is 30.1 Å². The maximum Gasteiger partial charge on any atom is 0.291 e. The number of piperidine rings is 1. The van der Waals surface area contributed by atoms with E-state index in [9.17, 15) is 4.79 Å². The highest BCUT2D eigenvalue weighted by Gasteiger charge is 2.17. The van der Waals surface area contributed by atoms with E-state index in [1.807, 2.05) is 24.3 Å². The fourth-order valence-corrected chi connectivity index (χ4v) is 3.84. The van der Waals surface area contributed by atoms with Gasteiger partial charge in [-0.2, -0.15) is 4.98 Å². The van der Waals surface area contributed by atoms with Crippen molar-refractivity contribution in [3.63, 3.8) is 0 Å². The maximum absolute atomic E-state index is 12.1. The van der Waals surface area contributed by atoms with E-state index < -0.39 is 0 Å². The van der Waals surface area contributed by atoms with Crippen LogP contribution in [0.5, 0.6) is 0 Å². The van der Waals surface area contributed by atoms with Crippen LogP contribution in [0.15, 0.2) is 75.9 Å². The standard InChI is InChI=1S/C25H24N4O3/c1-17-12-14-29(15-13-17)21-10-6-18(7-11-21)23-27-25(32-28-23)19-4-8-20(9-5-19)26-24(30)22-3-2-16-31-22/h2-11,16-17H,12-15H2,1H3,(H,26,30). The Labute approximate surface area is 186 Å². The second-order valence-electron chi connectivity index (χ2n) is 8.15. The lowest BCUT2D eigenvalue weighted by molar-refractivity contribution is 0.0996. The summed E-state index contributed by atoms with van der Waals surface area (Å²) in [7, 11) is 0. The molecule has 162 valence electrons. The van der Waals surface area contributed by atoms with Gasteiger partial charge in [0.1, 0.15) is 0 Å². The van der Waals surface area contributed by atoms with Crippen molar-refractivity contribution in [2.24, 2.45) is 5.92 Å². The number of amides is 1. The summed E-state index contributed by atoms with van der Waals surface area (Å²) < 4.78 is 10.6. The van der Waals surface area contributed by atoms with E-state index in [2.05, 4.69) is 39.4 Å². The van der Waals surface area contributed by atoms with Crippen molar-refractivity contribution < 1.29 is 13.7 Å². The number of hydrogen-bond acceptors (Lipinski definition) is 6. The van der Waals surface area contributed by atoms with E-state index in [0.29, 0.717) is 17.4 Å². The Morgan fingerprint density at radius 3 is 2.41 bits per heavy atom. The van der Waals surface area contributed by atoms with Gasteiger partial charge >= 0.3 is 0 Å². The van der Waals surface area contributed by atoms with Crippen LogP contribution in [-0.2, 0) is 0 Å². The molecule has 4 aromatic rings. The van der Waals surface area contributed by atoms with Gasteiger partial charge in [-0.15, -0.1) is 0 Å². The Bertz CT molecular complexity index is 1170. The van der Waals surface area contributed by atoms with Crippen molar-refractivity contribution in [3.05, 3.63) is 72.7 Å². The number of anilines is 2. The van der Waals surface area contributed by atoms with Crippen molar-refractivity contribution in [2.45, 2.75) is 19.8 Å². The van der Waals surface area contributed by atoms with Crippen molar-refractivity contribution in [1.82, 2.24) is 10.1 Å². The van der Waals surface area contributed by atoms with Crippen LogP contribution in [0.1, 0.15) is 30.3 Å². The number of aromatic nitrogens is 2. The minimum absolute atomic E-state index is 0.261. The Morgan fingerprint density at radius 2 is 1.72 bits per heavy atom. The zero-order valence-electron chi connectivity index (χ0n) is 17.8. The molecule has 1 saturated heterocycles. The molecule has 0 atom stereocenters. The smallest absolute Gasteiger partial charge is 0.291 e. The average Bonchev–Trinajstić information content (AvgIpc) is 3.53. The summed E-state index contributed by atoms with van der Waals surface area (Å²) >= 11 is 0. The molecule has 0 aliphatic carbocycles. The number of nitrogens with one attached hydrogen (secondary N) is 1. The predicted molar refractivity (Wildman–Crippen MR) is 122 cm³/mol. The van der Waals surface area contributed by atoms with E-state index in [-0.39, 0.29) is 11.7 Å². The quantitative estimate of drug-likeness (QED) is 0.453. The summed E-state index contributed by atoms with van der Waals surface area (Å²) in [5, 5.41) is 6.92. The Balaban J connectivity index is 1.26. The molecule has 1 amide bonds. The molecule has 0 spiro atoms. The highest BCUT2D eigenvalue weighted by atomic mass is 16.5. The first kappa shape index (κ1) is 20.1.